The van der Waals surface area contributed by atoms with Gasteiger partial charge in [0.15, 0.2) is 5.76 Å². The van der Waals surface area contributed by atoms with Gasteiger partial charge in [0.1, 0.15) is 4.92 Å². The van der Waals surface area contributed by atoms with Gasteiger partial charge in [-0.15, -0.1) is 0 Å². The second kappa shape index (κ2) is 4.96. The molecule has 17 heavy (non-hydrogen) atoms. The number of nitrogens with zero attached hydrogens (tertiary/aromatic N) is 1. The molecular formula is C10H14N2O5. The molecular weight excluding hydrogens is 228 g/mol. The van der Waals surface area contributed by atoms with Crippen LogP contribution in [0.15, 0.2) is 16.5 Å². The van der Waals surface area contributed by atoms with Gasteiger partial charge in [-0.2, -0.15) is 0 Å². The summed E-state index contributed by atoms with van der Waals surface area (Å²) in [6.07, 6.45) is 0. The first kappa shape index (κ1) is 13.2. The molecule has 1 aromatic heterocycles. The molecule has 0 spiro atoms. The highest BCUT2D eigenvalue weighted by Gasteiger charge is 2.21. The average molecular weight is 242 g/mol. The van der Waals surface area contributed by atoms with E-state index in [1.165, 1.54) is 6.07 Å². The average Bonchev–Trinajstić information content (AvgIpc) is 2.75. The van der Waals surface area contributed by atoms with Crippen LogP contribution in [0.2, 0.25) is 0 Å². The van der Waals surface area contributed by atoms with Crippen molar-refractivity contribution in [2.24, 2.45) is 5.41 Å². The summed E-state index contributed by atoms with van der Waals surface area (Å²) in [6.45, 7) is 3.72. The third kappa shape index (κ3) is 3.56. The molecule has 1 amide bonds. The molecule has 0 aromatic carbocycles. The standard InChI is InChI=1S/C10H14N2O5/c1-10(2,6-13)5-11-9(14)7-3-4-8(17-7)12(15)16/h3-4,13H,5-6H2,1-2H3,(H,11,14). The van der Waals surface area contributed by atoms with Gasteiger partial charge in [0.05, 0.1) is 6.07 Å². The minimum Gasteiger partial charge on any atom is -0.396 e. The monoisotopic (exact) mass is 242 g/mol. The van der Waals surface area contributed by atoms with Crippen LogP contribution in [0.3, 0.4) is 0 Å². The van der Waals surface area contributed by atoms with Crippen molar-refractivity contribution in [2.45, 2.75) is 13.8 Å². The third-order valence-electron chi connectivity index (χ3n) is 2.15. The number of carbonyl (C=O) groups is 1. The van der Waals surface area contributed by atoms with E-state index in [-0.39, 0.29) is 18.9 Å². The van der Waals surface area contributed by atoms with E-state index in [0.29, 0.717) is 0 Å². The fraction of sp³-hybridized carbons (Fsp3) is 0.500. The first-order valence-corrected chi connectivity index (χ1v) is 4.99. The Labute approximate surface area is 97.6 Å². The number of nitrogens with one attached hydrogen (secondary N) is 1. The lowest BCUT2D eigenvalue weighted by Crippen LogP contribution is -2.35. The summed E-state index contributed by atoms with van der Waals surface area (Å²) in [5.74, 6) is -1.14. The first-order chi connectivity index (χ1) is 7.85. The Morgan fingerprint density at radius 3 is 2.71 bits per heavy atom. The molecule has 1 heterocycles. The van der Waals surface area contributed by atoms with Gasteiger partial charge in [-0.05, 0) is 6.07 Å². The lowest BCUT2D eigenvalue weighted by atomic mass is 9.95. The minimum atomic E-state index is -0.714. The van der Waals surface area contributed by atoms with Crippen LogP contribution < -0.4 is 5.32 Å². The largest absolute Gasteiger partial charge is 0.433 e. The van der Waals surface area contributed by atoms with Gasteiger partial charge >= 0.3 is 5.88 Å². The molecule has 0 aliphatic carbocycles. The maximum absolute atomic E-state index is 11.5. The first-order valence-electron chi connectivity index (χ1n) is 4.99. The molecule has 0 aliphatic heterocycles. The molecule has 0 atom stereocenters. The number of nitro groups is 1. The molecule has 7 nitrogen and oxygen atoms in total. The van der Waals surface area contributed by atoms with Crippen LogP contribution in [0.25, 0.3) is 0 Å². The number of aliphatic hydroxyl groups is 1. The Balaban J connectivity index is 2.61. The van der Waals surface area contributed by atoms with E-state index in [9.17, 15) is 14.9 Å². The van der Waals surface area contributed by atoms with Gasteiger partial charge in [-0.25, -0.2) is 0 Å². The van der Waals surface area contributed by atoms with E-state index in [2.05, 4.69) is 5.32 Å². The zero-order valence-electron chi connectivity index (χ0n) is 9.60. The van der Waals surface area contributed by atoms with Crippen molar-refractivity contribution < 1.29 is 19.2 Å². The summed E-state index contributed by atoms with van der Waals surface area (Å²) >= 11 is 0. The molecule has 7 heteroatoms. The molecule has 0 saturated carbocycles. The predicted molar refractivity (Wildman–Crippen MR) is 58.6 cm³/mol. The number of amides is 1. The van der Waals surface area contributed by atoms with E-state index in [1.807, 2.05) is 0 Å². The molecule has 2 N–H and O–H groups in total. The van der Waals surface area contributed by atoms with Crippen LogP contribution in [-0.2, 0) is 0 Å². The molecule has 0 radical (unpaired) electrons. The predicted octanol–water partition coefficient (Wildman–Crippen LogP) is 0.936. The second-order valence-electron chi connectivity index (χ2n) is 4.40. The van der Waals surface area contributed by atoms with Crippen molar-refractivity contribution in [1.82, 2.24) is 5.32 Å². The normalized spacial score (nSPS) is 11.2. The quantitative estimate of drug-likeness (QED) is 0.590. The minimum absolute atomic E-state index is 0.0778. The van der Waals surface area contributed by atoms with Crippen molar-refractivity contribution in [1.29, 1.82) is 0 Å². The zero-order chi connectivity index (χ0) is 13.1. The van der Waals surface area contributed by atoms with Gasteiger partial charge in [0.25, 0.3) is 5.91 Å². The second-order valence-corrected chi connectivity index (χ2v) is 4.40. The van der Waals surface area contributed by atoms with Gasteiger partial charge in [-0.3, -0.25) is 14.9 Å². The van der Waals surface area contributed by atoms with E-state index >= 15 is 0 Å². The van der Waals surface area contributed by atoms with Crippen molar-refractivity contribution in [3.8, 4) is 0 Å². The SMILES string of the molecule is CC(C)(CO)CNC(=O)c1ccc([N+](=O)[O-])o1. The Kier molecular flexibility index (Phi) is 3.84. The van der Waals surface area contributed by atoms with Crippen LogP contribution >= 0.6 is 0 Å². The van der Waals surface area contributed by atoms with Crippen molar-refractivity contribution in [3.05, 3.63) is 28.0 Å². The van der Waals surface area contributed by atoms with Crippen molar-refractivity contribution in [3.63, 3.8) is 0 Å². The Bertz CT molecular complexity index is 424. The van der Waals surface area contributed by atoms with Crippen LogP contribution in [0.1, 0.15) is 24.4 Å². The summed E-state index contributed by atoms with van der Waals surface area (Å²) in [5.41, 5.74) is -0.450. The van der Waals surface area contributed by atoms with E-state index in [4.69, 9.17) is 9.52 Å². The number of aliphatic hydroxyl groups excluding tert-OH is 1. The van der Waals surface area contributed by atoms with Crippen molar-refractivity contribution >= 4 is 11.8 Å². The molecule has 94 valence electrons. The lowest BCUT2D eigenvalue weighted by Gasteiger charge is -2.21. The Morgan fingerprint density at radius 2 is 2.24 bits per heavy atom. The maximum atomic E-state index is 11.5. The van der Waals surface area contributed by atoms with Crippen LogP contribution in [0.4, 0.5) is 5.88 Å². The van der Waals surface area contributed by atoms with Crippen molar-refractivity contribution in [2.75, 3.05) is 13.2 Å². The van der Waals surface area contributed by atoms with Crippen LogP contribution in [0, 0.1) is 15.5 Å². The fourth-order valence-corrected chi connectivity index (χ4v) is 1.01. The molecule has 0 saturated heterocycles. The summed E-state index contributed by atoms with van der Waals surface area (Å²) in [5, 5.41) is 21.9. The maximum Gasteiger partial charge on any atom is 0.433 e. The Morgan fingerprint density at radius 1 is 1.59 bits per heavy atom. The summed E-state index contributed by atoms with van der Waals surface area (Å²) in [7, 11) is 0. The molecule has 0 fully saturated rings. The summed E-state index contributed by atoms with van der Waals surface area (Å²) in [4.78, 5) is 21.2. The topological polar surface area (TPSA) is 106 Å². The highest BCUT2D eigenvalue weighted by molar-refractivity contribution is 5.91. The third-order valence-corrected chi connectivity index (χ3v) is 2.15. The molecule has 0 bridgehead atoms. The van der Waals surface area contributed by atoms with E-state index in [0.717, 1.165) is 6.07 Å². The zero-order valence-corrected chi connectivity index (χ0v) is 9.60. The molecule has 1 rings (SSSR count). The number of rotatable bonds is 5. The molecule has 0 aliphatic rings. The smallest absolute Gasteiger partial charge is 0.396 e. The van der Waals surface area contributed by atoms with Crippen LogP contribution in [0.5, 0.6) is 0 Å². The fourth-order valence-electron chi connectivity index (χ4n) is 1.01. The summed E-state index contributed by atoms with van der Waals surface area (Å²) in [6, 6.07) is 2.35. The molecule has 1 aromatic rings. The van der Waals surface area contributed by atoms with E-state index in [1.54, 1.807) is 13.8 Å². The highest BCUT2D eigenvalue weighted by atomic mass is 16.6. The highest BCUT2D eigenvalue weighted by Crippen LogP contribution is 2.16. The summed E-state index contributed by atoms with van der Waals surface area (Å²) < 4.78 is 4.73. The lowest BCUT2D eigenvalue weighted by molar-refractivity contribution is -0.402. The molecule has 0 unspecified atom stereocenters. The Hall–Kier alpha value is -1.89. The van der Waals surface area contributed by atoms with Gasteiger partial charge in [0, 0.05) is 18.6 Å². The number of hydrogen-bond acceptors (Lipinski definition) is 5. The number of carbonyl (C=O) groups excluding carboxylic acids is 1. The van der Waals surface area contributed by atoms with Gasteiger partial charge in [-0.1, -0.05) is 13.8 Å². The number of hydrogen-bond donors (Lipinski definition) is 2. The van der Waals surface area contributed by atoms with E-state index < -0.39 is 22.1 Å². The van der Waals surface area contributed by atoms with Crippen LogP contribution in [-0.4, -0.2) is 29.1 Å². The van der Waals surface area contributed by atoms with Gasteiger partial charge in [0.2, 0.25) is 0 Å². The van der Waals surface area contributed by atoms with Gasteiger partial charge < -0.3 is 14.8 Å². The number of furan rings is 1.